The molecule has 0 radical (unpaired) electrons. The van der Waals surface area contributed by atoms with Gasteiger partial charge in [0.15, 0.2) is 6.10 Å². The number of ether oxygens (including phenoxy) is 3. The maximum absolute atomic E-state index is 13.0. The molecule has 0 aromatic carbocycles. The molecule has 0 rings (SSSR count). The van der Waals surface area contributed by atoms with E-state index in [1.807, 2.05) is 0 Å². The fraction of sp³-hybridized carbons (Fsp3) is 0.829. The highest BCUT2D eigenvalue weighted by molar-refractivity contribution is 5.71. The van der Waals surface area contributed by atoms with Gasteiger partial charge in [0, 0.05) is 19.3 Å². The average molecular weight is 1150 g/mol. The zero-order valence-corrected chi connectivity index (χ0v) is 55.0. The average Bonchev–Trinajstić information content (AvgIpc) is 3.47. The summed E-state index contributed by atoms with van der Waals surface area (Å²) in [6.45, 7) is 6.67. The molecule has 0 N–H and O–H groups in total. The number of allylic oxidation sites excluding steroid dienone is 10. The summed E-state index contributed by atoms with van der Waals surface area (Å²) in [6.07, 6.45) is 91.1. The van der Waals surface area contributed by atoms with E-state index >= 15 is 0 Å². The number of carbonyl (C=O) groups excluding carboxylic acids is 3. The molecule has 1 atom stereocenters. The molecule has 0 saturated carbocycles. The van der Waals surface area contributed by atoms with Crippen molar-refractivity contribution < 1.29 is 28.6 Å². The molecular weight excluding hydrogens is 1010 g/mol. The third-order valence-corrected chi connectivity index (χ3v) is 16.2. The van der Waals surface area contributed by atoms with Gasteiger partial charge in [-0.1, -0.05) is 338 Å². The van der Waals surface area contributed by atoms with Crippen LogP contribution in [0.1, 0.15) is 387 Å². The fourth-order valence-corrected chi connectivity index (χ4v) is 10.8. The third-order valence-electron chi connectivity index (χ3n) is 16.2. The molecule has 0 bridgehead atoms. The summed E-state index contributed by atoms with van der Waals surface area (Å²) in [6, 6.07) is 0. The highest BCUT2D eigenvalue weighted by Gasteiger charge is 2.19. The van der Waals surface area contributed by atoms with Crippen molar-refractivity contribution in [3.8, 4) is 0 Å². The van der Waals surface area contributed by atoms with E-state index in [0.717, 1.165) is 89.9 Å². The molecule has 6 nitrogen and oxygen atoms in total. The van der Waals surface area contributed by atoms with Crippen LogP contribution in [0.15, 0.2) is 60.8 Å². The minimum atomic E-state index is -0.780. The van der Waals surface area contributed by atoms with Gasteiger partial charge in [-0.25, -0.2) is 0 Å². The lowest BCUT2D eigenvalue weighted by Crippen LogP contribution is -2.30. The quantitative estimate of drug-likeness (QED) is 0.0261. The minimum Gasteiger partial charge on any atom is -0.462 e. The summed E-state index contributed by atoms with van der Waals surface area (Å²) >= 11 is 0. The van der Waals surface area contributed by atoms with Crippen LogP contribution in [-0.4, -0.2) is 37.2 Å². The van der Waals surface area contributed by atoms with Crippen LogP contribution in [-0.2, 0) is 28.6 Å². The summed E-state index contributed by atoms with van der Waals surface area (Å²) in [4.78, 5) is 38.5. The molecule has 478 valence electrons. The Balaban J connectivity index is 4.27. The molecule has 0 saturated heterocycles. The number of hydrogen-bond donors (Lipinski definition) is 0. The molecule has 0 aliphatic heterocycles. The Kier molecular flexibility index (Phi) is 68.1. The summed E-state index contributed by atoms with van der Waals surface area (Å²) < 4.78 is 17.0. The van der Waals surface area contributed by atoms with Gasteiger partial charge in [-0.15, -0.1) is 0 Å². The zero-order chi connectivity index (χ0) is 59.2. The van der Waals surface area contributed by atoms with Crippen LogP contribution in [0.5, 0.6) is 0 Å². The summed E-state index contributed by atoms with van der Waals surface area (Å²) in [5.41, 5.74) is 0. The van der Waals surface area contributed by atoms with E-state index in [1.54, 1.807) is 0 Å². The number of hydrogen-bond acceptors (Lipinski definition) is 6. The molecule has 0 heterocycles. The maximum atomic E-state index is 13.0. The van der Waals surface area contributed by atoms with E-state index in [2.05, 4.69) is 81.5 Å². The van der Waals surface area contributed by atoms with Crippen LogP contribution in [0.3, 0.4) is 0 Å². The van der Waals surface area contributed by atoms with Gasteiger partial charge in [0.25, 0.3) is 0 Å². The van der Waals surface area contributed by atoms with Gasteiger partial charge in [0.05, 0.1) is 0 Å². The second kappa shape index (κ2) is 70.6. The van der Waals surface area contributed by atoms with Crippen LogP contribution >= 0.6 is 0 Å². The molecule has 6 heteroatoms. The number of rotatable bonds is 67. The molecule has 0 aliphatic rings. The largest absolute Gasteiger partial charge is 0.462 e. The second-order valence-electron chi connectivity index (χ2n) is 24.5. The zero-order valence-electron chi connectivity index (χ0n) is 55.0. The van der Waals surface area contributed by atoms with E-state index in [9.17, 15) is 14.4 Å². The molecular formula is C76H138O6. The molecule has 0 spiro atoms. The Labute approximate surface area is 510 Å². The van der Waals surface area contributed by atoms with Crippen LogP contribution in [0.4, 0.5) is 0 Å². The van der Waals surface area contributed by atoms with E-state index < -0.39 is 6.10 Å². The topological polar surface area (TPSA) is 78.9 Å². The summed E-state index contributed by atoms with van der Waals surface area (Å²) in [5.74, 6) is -0.863. The Bertz CT molecular complexity index is 1460. The van der Waals surface area contributed by atoms with Crippen molar-refractivity contribution in [3.63, 3.8) is 0 Å². The highest BCUT2D eigenvalue weighted by atomic mass is 16.6. The van der Waals surface area contributed by atoms with Crippen LogP contribution in [0.2, 0.25) is 0 Å². The Morgan fingerprint density at radius 2 is 0.439 bits per heavy atom. The number of unbranched alkanes of at least 4 members (excludes halogenated alkanes) is 46. The molecule has 0 aromatic heterocycles. The van der Waals surface area contributed by atoms with Gasteiger partial charge < -0.3 is 14.2 Å². The first-order valence-electron chi connectivity index (χ1n) is 36.3. The monoisotopic (exact) mass is 1150 g/mol. The van der Waals surface area contributed by atoms with Crippen LogP contribution < -0.4 is 0 Å². The molecule has 0 aliphatic carbocycles. The van der Waals surface area contributed by atoms with E-state index in [-0.39, 0.29) is 31.1 Å². The molecule has 0 fully saturated rings. The van der Waals surface area contributed by atoms with Gasteiger partial charge in [-0.2, -0.15) is 0 Å². The first kappa shape index (κ1) is 79.1. The smallest absolute Gasteiger partial charge is 0.306 e. The number of esters is 3. The molecule has 82 heavy (non-hydrogen) atoms. The standard InChI is InChI=1S/C76H138O6/c1-4-7-10-13-16-19-22-25-28-31-33-34-35-36-37-38-39-40-41-42-44-45-48-51-54-57-60-63-66-69-75(78)81-72-73(71-80-74(77)68-65-62-59-56-53-50-47-30-27-24-21-18-15-12-9-6-3)82-76(79)70-67-64-61-58-55-52-49-46-43-32-29-26-23-20-17-14-11-8-5-2/h21-22,24-25,30-31,33,35-36,47,73H,4-20,23,26-29,32,34,37-46,48-72H2,1-3H3/b24-21-,25-22-,33-31-,36-35-,47-30-. The first-order chi connectivity index (χ1) is 40.5. The summed E-state index contributed by atoms with van der Waals surface area (Å²) in [5, 5.41) is 0. The van der Waals surface area contributed by atoms with Gasteiger partial charge in [-0.3, -0.25) is 14.4 Å². The van der Waals surface area contributed by atoms with Crippen molar-refractivity contribution in [3.05, 3.63) is 60.8 Å². The van der Waals surface area contributed by atoms with E-state index in [4.69, 9.17) is 14.2 Å². The van der Waals surface area contributed by atoms with Crippen molar-refractivity contribution >= 4 is 17.9 Å². The SMILES string of the molecule is CCCCCC/C=C\C/C=C\CCCCCCCC(=O)OCC(COC(=O)CCCCCCCCCCCCCCCC/C=C\C/C=C\C/C=C\CCCCCCC)OC(=O)CCCCCCCCCCCCCCCCCCCCC. The van der Waals surface area contributed by atoms with Crippen molar-refractivity contribution in [2.45, 2.75) is 393 Å². The minimum absolute atomic E-state index is 0.0747. The summed E-state index contributed by atoms with van der Waals surface area (Å²) in [7, 11) is 0. The Morgan fingerprint density at radius 3 is 0.695 bits per heavy atom. The van der Waals surface area contributed by atoms with E-state index in [1.165, 1.54) is 257 Å². The molecule has 0 aromatic rings. The Morgan fingerprint density at radius 1 is 0.244 bits per heavy atom. The lowest BCUT2D eigenvalue weighted by atomic mass is 10.0. The van der Waals surface area contributed by atoms with Crippen molar-refractivity contribution in [1.82, 2.24) is 0 Å². The van der Waals surface area contributed by atoms with Gasteiger partial charge in [0.1, 0.15) is 13.2 Å². The van der Waals surface area contributed by atoms with E-state index in [0.29, 0.717) is 19.3 Å². The van der Waals surface area contributed by atoms with Crippen molar-refractivity contribution in [1.29, 1.82) is 0 Å². The maximum Gasteiger partial charge on any atom is 0.306 e. The molecule has 0 amide bonds. The lowest BCUT2D eigenvalue weighted by molar-refractivity contribution is -0.167. The first-order valence-corrected chi connectivity index (χ1v) is 36.3. The Hall–Kier alpha value is -2.89. The number of carbonyl (C=O) groups is 3. The predicted octanol–water partition coefficient (Wildman–Crippen LogP) is 25.1. The second-order valence-corrected chi connectivity index (χ2v) is 24.5. The van der Waals surface area contributed by atoms with Gasteiger partial charge in [0.2, 0.25) is 0 Å². The normalized spacial score (nSPS) is 12.4. The van der Waals surface area contributed by atoms with Gasteiger partial charge >= 0.3 is 17.9 Å². The van der Waals surface area contributed by atoms with Crippen molar-refractivity contribution in [2.24, 2.45) is 0 Å². The van der Waals surface area contributed by atoms with Crippen LogP contribution in [0.25, 0.3) is 0 Å². The molecule has 1 unspecified atom stereocenters. The third kappa shape index (κ3) is 67.9. The van der Waals surface area contributed by atoms with Crippen LogP contribution in [0, 0.1) is 0 Å². The van der Waals surface area contributed by atoms with Crippen molar-refractivity contribution in [2.75, 3.05) is 13.2 Å². The van der Waals surface area contributed by atoms with Gasteiger partial charge in [-0.05, 0) is 89.9 Å². The highest BCUT2D eigenvalue weighted by Crippen LogP contribution is 2.18. The fourth-order valence-electron chi connectivity index (χ4n) is 10.8. The lowest BCUT2D eigenvalue weighted by Gasteiger charge is -2.18. The predicted molar refractivity (Wildman–Crippen MR) is 358 cm³/mol.